The zero-order valence-electron chi connectivity index (χ0n) is 16.6. The van der Waals surface area contributed by atoms with Crippen LogP contribution in [0.2, 0.25) is 0 Å². The summed E-state index contributed by atoms with van der Waals surface area (Å²) in [7, 11) is 0. The molecule has 7 atom stereocenters. The summed E-state index contributed by atoms with van der Waals surface area (Å²) in [4.78, 5) is 11.6. The van der Waals surface area contributed by atoms with Crippen LogP contribution in [0.5, 0.6) is 0 Å². The summed E-state index contributed by atoms with van der Waals surface area (Å²) in [5, 5.41) is 0. The maximum Gasteiger partial charge on any atom is 0.302 e. The van der Waals surface area contributed by atoms with Gasteiger partial charge in [-0.05, 0) is 86.9 Å². The van der Waals surface area contributed by atoms with Crippen molar-refractivity contribution >= 4 is 5.97 Å². The van der Waals surface area contributed by atoms with Gasteiger partial charge < -0.3 is 4.74 Å². The molecule has 0 spiro atoms. The summed E-state index contributed by atoms with van der Waals surface area (Å²) in [6.07, 6.45) is 14.4. The lowest BCUT2D eigenvalue weighted by Gasteiger charge is -2.60. The molecule has 0 aromatic rings. The first-order valence-corrected chi connectivity index (χ1v) is 10.7. The third kappa shape index (κ3) is 2.61. The minimum absolute atomic E-state index is 0.0887. The van der Waals surface area contributed by atoms with E-state index in [0.717, 1.165) is 30.1 Å². The Hall–Kier alpha value is -0.790. The molecular weight excluding hydrogens is 308 g/mol. The predicted molar refractivity (Wildman–Crippen MR) is 101 cm³/mol. The molecule has 0 aromatic heterocycles. The average Bonchev–Trinajstić information content (AvgIpc) is 2.90. The molecule has 4 unspecified atom stereocenters. The highest BCUT2D eigenvalue weighted by molar-refractivity contribution is 5.66. The van der Waals surface area contributed by atoms with Crippen molar-refractivity contribution in [2.24, 2.45) is 34.5 Å². The quantitative estimate of drug-likeness (QED) is 0.460. The molecule has 4 aliphatic rings. The molecule has 0 radical (unpaired) electrons. The molecule has 25 heavy (non-hydrogen) atoms. The summed E-state index contributed by atoms with van der Waals surface area (Å²) in [5.74, 6) is 3.33. The van der Waals surface area contributed by atoms with Crippen molar-refractivity contribution in [2.75, 3.05) is 0 Å². The fourth-order valence-corrected chi connectivity index (χ4v) is 7.59. The van der Waals surface area contributed by atoms with E-state index in [-0.39, 0.29) is 17.5 Å². The maximum absolute atomic E-state index is 11.6. The van der Waals surface area contributed by atoms with Gasteiger partial charge in [0.05, 0.1) is 0 Å². The van der Waals surface area contributed by atoms with E-state index in [1.54, 1.807) is 12.5 Å². The minimum atomic E-state index is -0.0887. The normalized spacial score (nSPS) is 48.8. The van der Waals surface area contributed by atoms with Gasteiger partial charge in [-0.3, -0.25) is 4.79 Å². The SMILES string of the molecule is CCC1=CC[C@]2(C)C3CC[C@]4(C)C(OC(C)=O)CCC4C3CC[C@H]2C1. The topological polar surface area (TPSA) is 26.3 Å². The van der Waals surface area contributed by atoms with Gasteiger partial charge in [0.15, 0.2) is 0 Å². The number of hydrogen-bond donors (Lipinski definition) is 0. The highest BCUT2D eigenvalue weighted by atomic mass is 16.5. The monoisotopic (exact) mass is 344 g/mol. The predicted octanol–water partition coefficient (Wildman–Crippen LogP) is 5.91. The lowest BCUT2D eigenvalue weighted by atomic mass is 9.45. The number of carbonyl (C=O) groups is 1. The smallest absolute Gasteiger partial charge is 0.302 e. The van der Waals surface area contributed by atoms with Gasteiger partial charge in [0.1, 0.15) is 6.10 Å². The Balaban J connectivity index is 1.58. The fourth-order valence-electron chi connectivity index (χ4n) is 7.59. The number of ether oxygens (including phenoxy) is 1. The summed E-state index contributed by atoms with van der Waals surface area (Å²) in [6, 6.07) is 0. The third-order valence-electron chi connectivity index (χ3n) is 9.08. The van der Waals surface area contributed by atoms with E-state index in [1.165, 1.54) is 51.4 Å². The largest absolute Gasteiger partial charge is 0.462 e. The summed E-state index contributed by atoms with van der Waals surface area (Å²) >= 11 is 0. The number of esters is 1. The second-order valence-electron chi connectivity index (χ2n) is 10.0. The summed E-state index contributed by atoms with van der Waals surface area (Å²) in [6.45, 7) is 8.94. The fraction of sp³-hybridized carbons (Fsp3) is 0.870. The Morgan fingerprint density at radius 2 is 1.88 bits per heavy atom. The second kappa shape index (κ2) is 6.13. The van der Waals surface area contributed by atoms with Crippen molar-refractivity contribution in [1.29, 1.82) is 0 Å². The van der Waals surface area contributed by atoms with Gasteiger partial charge in [-0.1, -0.05) is 32.4 Å². The van der Waals surface area contributed by atoms with Crippen molar-refractivity contribution in [3.05, 3.63) is 11.6 Å². The standard InChI is InChI=1S/C23H36O2/c1-5-16-10-12-22(3)17(14-16)6-7-18-19-8-9-21(25-15(2)24)23(19,4)13-11-20(18)22/h10,17-21H,5-9,11-14H2,1-4H3/t17-,18?,19?,20?,21?,22-,23-/m0/s1. The molecule has 0 heterocycles. The van der Waals surface area contributed by atoms with Crippen molar-refractivity contribution in [3.63, 3.8) is 0 Å². The van der Waals surface area contributed by atoms with Gasteiger partial charge in [-0.25, -0.2) is 0 Å². The van der Waals surface area contributed by atoms with Gasteiger partial charge in [0, 0.05) is 12.3 Å². The Kier molecular flexibility index (Phi) is 4.32. The number of carbonyl (C=O) groups excluding carboxylic acids is 1. The van der Waals surface area contributed by atoms with E-state index in [1.807, 2.05) is 0 Å². The molecule has 0 amide bonds. The van der Waals surface area contributed by atoms with E-state index in [2.05, 4.69) is 26.8 Å². The van der Waals surface area contributed by atoms with Gasteiger partial charge in [0.25, 0.3) is 0 Å². The average molecular weight is 345 g/mol. The van der Waals surface area contributed by atoms with Crippen LogP contribution in [0.3, 0.4) is 0 Å². The molecule has 3 saturated carbocycles. The van der Waals surface area contributed by atoms with Crippen LogP contribution in [0.15, 0.2) is 11.6 Å². The van der Waals surface area contributed by atoms with Gasteiger partial charge in [-0.2, -0.15) is 0 Å². The first-order valence-electron chi connectivity index (χ1n) is 10.7. The molecule has 4 rings (SSSR count). The summed E-state index contributed by atoms with van der Waals surface area (Å²) in [5.41, 5.74) is 2.45. The van der Waals surface area contributed by atoms with E-state index >= 15 is 0 Å². The molecule has 0 saturated heterocycles. The molecule has 0 N–H and O–H groups in total. The van der Waals surface area contributed by atoms with E-state index in [9.17, 15) is 4.79 Å². The Bertz CT molecular complexity index is 579. The van der Waals surface area contributed by atoms with Crippen LogP contribution in [0.1, 0.15) is 85.5 Å². The van der Waals surface area contributed by atoms with Crippen molar-refractivity contribution in [3.8, 4) is 0 Å². The Morgan fingerprint density at radius 1 is 1.12 bits per heavy atom. The highest BCUT2D eigenvalue weighted by Gasteiger charge is 2.60. The molecule has 2 nitrogen and oxygen atoms in total. The highest BCUT2D eigenvalue weighted by Crippen LogP contribution is 2.66. The number of allylic oxidation sites excluding steroid dienone is 2. The number of fused-ring (bicyclic) bond motifs is 5. The van der Waals surface area contributed by atoms with Crippen LogP contribution in [-0.4, -0.2) is 12.1 Å². The van der Waals surface area contributed by atoms with Crippen LogP contribution in [0.25, 0.3) is 0 Å². The van der Waals surface area contributed by atoms with E-state index < -0.39 is 0 Å². The maximum atomic E-state index is 11.6. The zero-order valence-corrected chi connectivity index (χ0v) is 16.6. The molecule has 4 aliphatic carbocycles. The molecule has 2 heteroatoms. The van der Waals surface area contributed by atoms with Crippen LogP contribution >= 0.6 is 0 Å². The van der Waals surface area contributed by atoms with Gasteiger partial charge >= 0.3 is 5.97 Å². The van der Waals surface area contributed by atoms with Gasteiger partial charge in [0.2, 0.25) is 0 Å². The summed E-state index contributed by atoms with van der Waals surface area (Å²) < 4.78 is 5.78. The number of rotatable bonds is 2. The minimum Gasteiger partial charge on any atom is -0.462 e. The van der Waals surface area contributed by atoms with Crippen molar-refractivity contribution < 1.29 is 9.53 Å². The first-order chi connectivity index (χ1) is 11.9. The van der Waals surface area contributed by atoms with Crippen molar-refractivity contribution in [2.45, 2.75) is 91.6 Å². The van der Waals surface area contributed by atoms with Crippen LogP contribution in [-0.2, 0) is 9.53 Å². The molecule has 140 valence electrons. The van der Waals surface area contributed by atoms with Gasteiger partial charge in [-0.15, -0.1) is 0 Å². The van der Waals surface area contributed by atoms with Crippen LogP contribution in [0, 0.1) is 34.5 Å². The van der Waals surface area contributed by atoms with E-state index in [4.69, 9.17) is 4.74 Å². The molecule has 3 fully saturated rings. The Labute approximate surface area is 153 Å². The molecule has 0 bridgehead atoms. The second-order valence-corrected chi connectivity index (χ2v) is 10.0. The molecule has 0 aromatic carbocycles. The third-order valence-corrected chi connectivity index (χ3v) is 9.08. The lowest BCUT2D eigenvalue weighted by Crippen LogP contribution is -2.53. The zero-order chi connectivity index (χ0) is 17.8. The first kappa shape index (κ1) is 17.6. The molecule has 0 aliphatic heterocycles. The lowest BCUT2D eigenvalue weighted by molar-refractivity contribution is -0.159. The van der Waals surface area contributed by atoms with E-state index in [0.29, 0.717) is 5.41 Å². The van der Waals surface area contributed by atoms with Crippen molar-refractivity contribution in [1.82, 2.24) is 0 Å². The number of hydrogen-bond acceptors (Lipinski definition) is 2. The van der Waals surface area contributed by atoms with Crippen LogP contribution in [0.4, 0.5) is 0 Å². The molecular formula is C23H36O2. The van der Waals surface area contributed by atoms with Crippen LogP contribution < -0.4 is 0 Å². The Morgan fingerprint density at radius 3 is 2.60 bits per heavy atom.